The second-order valence-corrected chi connectivity index (χ2v) is 3.86. The minimum atomic E-state index is -3.96. The molecule has 0 rings (SSSR count). The van der Waals surface area contributed by atoms with Gasteiger partial charge in [-0.25, -0.2) is 8.42 Å². The van der Waals surface area contributed by atoms with Crippen LogP contribution in [-0.4, -0.2) is 26.2 Å². The summed E-state index contributed by atoms with van der Waals surface area (Å²) in [5, 5.41) is -3.96. The fourth-order valence-corrected chi connectivity index (χ4v) is 0.783. The lowest BCUT2D eigenvalue weighted by Crippen LogP contribution is -2.27. The van der Waals surface area contributed by atoms with Crippen LogP contribution in [0.2, 0.25) is 0 Å². The standard InChI is InChI=1S/C7H12F2O4S/c1-2-3-4-6(10)13-5-7(8,9)14(11)12/h14H,2-5H2,1H3. The molecule has 0 N–H and O–H groups in total. The molecule has 0 amide bonds. The lowest BCUT2D eigenvalue weighted by molar-refractivity contribution is -0.149. The minimum Gasteiger partial charge on any atom is -0.458 e. The van der Waals surface area contributed by atoms with Crippen LogP contribution in [0.25, 0.3) is 0 Å². The molecule has 14 heavy (non-hydrogen) atoms. The van der Waals surface area contributed by atoms with Gasteiger partial charge in [0.1, 0.15) is 0 Å². The summed E-state index contributed by atoms with van der Waals surface area (Å²) in [5.41, 5.74) is 0. The maximum Gasteiger partial charge on any atom is 0.376 e. The highest BCUT2D eigenvalue weighted by Crippen LogP contribution is 2.14. The number of rotatable bonds is 6. The van der Waals surface area contributed by atoms with Crippen LogP contribution >= 0.6 is 0 Å². The van der Waals surface area contributed by atoms with Crippen molar-refractivity contribution >= 4 is 16.7 Å². The molecule has 0 bridgehead atoms. The Morgan fingerprint density at radius 3 is 2.43 bits per heavy atom. The summed E-state index contributed by atoms with van der Waals surface area (Å²) in [6.45, 7) is 0.435. The first kappa shape index (κ1) is 13.3. The van der Waals surface area contributed by atoms with Crippen LogP contribution in [0.15, 0.2) is 0 Å². The van der Waals surface area contributed by atoms with Gasteiger partial charge in [-0.05, 0) is 6.42 Å². The van der Waals surface area contributed by atoms with Crippen LogP contribution in [0.1, 0.15) is 26.2 Å². The zero-order valence-corrected chi connectivity index (χ0v) is 8.56. The number of esters is 1. The van der Waals surface area contributed by atoms with Crippen LogP contribution in [0.3, 0.4) is 0 Å². The van der Waals surface area contributed by atoms with E-state index in [0.717, 1.165) is 6.42 Å². The molecule has 0 saturated heterocycles. The van der Waals surface area contributed by atoms with Gasteiger partial charge in [0.2, 0.25) is 10.7 Å². The lowest BCUT2D eigenvalue weighted by Gasteiger charge is -2.09. The Hall–Kier alpha value is -0.720. The van der Waals surface area contributed by atoms with Crippen molar-refractivity contribution < 1.29 is 26.7 Å². The van der Waals surface area contributed by atoms with Crippen molar-refractivity contribution in [2.24, 2.45) is 0 Å². The fraction of sp³-hybridized carbons (Fsp3) is 0.857. The number of halogens is 2. The number of thiol groups is 1. The predicted molar refractivity (Wildman–Crippen MR) is 45.7 cm³/mol. The molecular formula is C7H12F2O4S. The number of hydrogen-bond donors (Lipinski definition) is 1. The number of carbonyl (C=O) groups excluding carboxylic acids is 1. The number of alkyl halides is 2. The van der Waals surface area contributed by atoms with Gasteiger partial charge in [0.15, 0.2) is 6.61 Å². The highest BCUT2D eigenvalue weighted by atomic mass is 32.2. The van der Waals surface area contributed by atoms with Crippen molar-refractivity contribution in [3.63, 3.8) is 0 Å². The first-order valence-corrected chi connectivity index (χ1v) is 5.26. The maximum absolute atomic E-state index is 12.4. The molecule has 0 fully saturated rings. The number of unbranched alkanes of at least 4 members (excludes halogenated alkanes) is 1. The fourth-order valence-electron chi connectivity index (χ4n) is 0.613. The first-order valence-electron chi connectivity index (χ1n) is 4.08. The van der Waals surface area contributed by atoms with Gasteiger partial charge in [-0.1, -0.05) is 13.3 Å². The van der Waals surface area contributed by atoms with Gasteiger partial charge in [-0.15, -0.1) is 0 Å². The summed E-state index contributed by atoms with van der Waals surface area (Å²) < 4.78 is 48.7. The van der Waals surface area contributed by atoms with E-state index in [2.05, 4.69) is 4.74 Å². The van der Waals surface area contributed by atoms with Crippen molar-refractivity contribution in [1.29, 1.82) is 0 Å². The molecular weight excluding hydrogens is 218 g/mol. The molecule has 0 aromatic heterocycles. The van der Waals surface area contributed by atoms with Crippen LogP contribution < -0.4 is 0 Å². The van der Waals surface area contributed by atoms with E-state index in [9.17, 15) is 22.0 Å². The molecule has 4 nitrogen and oxygen atoms in total. The summed E-state index contributed by atoms with van der Waals surface area (Å²) in [6.07, 6.45) is 1.30. The summed E-state index contributed by atoms with van der Waals surface area (Å²) >= 11 is 0. The van der Waals surface area contributed by atoms with Crippen molar-refractivity contribution in [2.75, 3.05) is 6.61 Å². The molecule has 0 radical (unpaired) electrons. The SMILES string of the molecule is CCCCC(=O)OCC(F)(F)[SH](=O)=O. The molecule has 0 unspecified atom stereocenters. The van der Waals surface area contributed by atoms with Crippen molar-refractivity contribution in [3.8, 4) is 0 Å². The summed E-state index contributed by atoms with van der Waals surface area (Å²) in [5.74, 6) is -0.802. The molecule has 0 aromatic carbocycles. The van der Waals surface area contributed by atoms with Crippen LogP contribution in [0.5, 0.6) is 0 Å². The molecule has 0 spiro atoms. The number of carbonyl (C=O) groups is 1. The zero-order chi connectivity index (χ0) is 11.2. The molecule has 0 aromatic rings. The molecule has 0 aliphatic carbocycles. The van der Waals surface area contributed by atoms with E-state index in [1.807, 2.05) is 6.92 Å². The molecule has 84 valence electrons. The van der Waals surface area contributed by atoms with Gasteiger partial charge in [0.25, 0.3) is 0 Å². The Morgan fingerprint density at radius 2 is 2.00 bits per heavy atom. The summed E-state index contributed by atoms with van der Waals surface area (Å²) in [4.78, 5) is 10.7. The van der Waals surface area contributed by atoms with E-state index < -0.39 is 28.5 Å². The predicted octanol–water partition coefficient (Wildman–Crippen LogP) is 0.924. The Labute approximate surface area is 82.2 Å². The quantitative estimate of drug-likeness (QED) is 0.544. The normalized spacial score (nSPS) is 11.7. The van der Waals surface area contributed by atoms with Gasteiger partial charge in [0, 0.05) is 6.42 Å². The Bertz CT molecular complexity index is 254. The molecule has 7 heteroatoms. The topological polar surface area (TPSA) is 60.4 Å². The monoisotopic (exact) mass is 230 g/mol. The van der Waals surface area contributed by atoms with Gasteiger partial charge >= 0.3 is 11.2 Å². The maximum atomic E-state index is 12.4. The third-order valence-electron chi connectivity index (χ3n) is 1.41. The van der Waals surface area contributed by atoms with Crippen LogP contribution in [-0.2, 0) is 20.2 Å². The van der Waals surface area contributed by atoms with Crippen LogP contribution in [0.4, 0.5) is 8.78 Å². The number of ether oxygens (including phenoxy) is 1. The van der Waals surface area contributed by atoms with E-state index in [0.29, 0.717) is 6.42 Å². The zero-order valence-electron chi connectivity index (χ0n) is 7.66. The highest BCUT2D eigenvalue weighted by Gasteiger charge is 2.34. The average Bonchev–Trinajstić information content (AvgIpc) is 2.11. The Morgan fingerprint density at radius 1 is 1.43 bits per heavy atom. The van der Waals surface area contributed by atoms with Crippen molar-refractivity contribution in [2.45, 2.75) is 31.4 Å². The van der Waals surface area contributed by atoms with Gasteiger partial charge < -0.3 is 4.74 Å². The lowest BCUT2D eigenvalue weighted by atomic mass is 10.2. The Balaban J connectivity index is 3.88. The molecule has 0 aliphatic rings. The van der Waals surface area contributed by atoms with E-state index in [1.165, 1.54) is 0 Å². The van der Waals surface area contributed by atoms with Gasteiger partial charge in [0.05, 0.1) is 0 Å². The van der Waals surface area contributed by atoms with Crippen molar-refractivity contribution in [3.05, 3.63) is 0 Å². The average molecular weight is 230 g/mol. The molecule has 0 saturated carbocycles. The van der Waals surface area contributed by atoms with E-state index >= 15 is 0 Å². The third-order valence-corrected chi connectivity index (χ3v) is 2.07. The Kier molecular flexibility index (Phi) is 5.59. The second-order valence-electron chi connectivity index (χ2n) is 2.69. The van der Waals surface area contributed by atoms with E-state index in [4.69, 9.17) is 0 Å². The largest absolute Gasteiger partial charge is 0.458 e. The second kappa shape index (κ2) is 5.90. The molecule has 0 aliphatic heterocycles. The number of hydrogen-bond acceptors (Lipinski definition) is 4. The molecule has 0 heterocycles. The highest BCUT2D eigenvalue weighted by molar-refractivity contribution is 7.73. The van der Waals surface area contributed by atoms with E-state index in [-0.39, 0.29) is 6.42 Å². The summed E-state index contributed by atoms with van der Waals surface area (Å²) in [6, 6.07) is 0. The third kappa shape index (κ3) is 5.11. The smallest absolute Gasteiger partial charge is 0.376 e. The van der Waals surface area contributed by atoms with E-state index in [1.54, 1.807) is 0 Å². The van der Waals surface area contributed by atoms with Gasteiger partial charge in [-0.3, -0.25) is 4.79 Å². The first-order chi connectivity index (χ1) is 6.40. The van der Waals surface area contributed by atoms with Crippen molar-refractivity contribution in [1.82, 2.24) is 0 Å². The minimum absolute atomic E-state index is 0.0300. The van der Waals surface area contributed by atoms with Crippen LogP contribution in [0, 0.1) is 0 Å². The molecule has 0 atom stereocenters. The van der Waals surface area contributed by atoms with Gasteiger partial charge in [-0.2, -0.15) is 8.78 Å². The summed E-state index contributed by atoms with van der Waals surface area (Å²) in [7, 11) is -3.90.